The van der Waals surface area contributed by atoms with E-state index in [0.29, 0.717) is 21.5 Å². The van der Waals surface area contributed by atoms with E-state index in [1.54, 1.807) is 62.4 Å². The molecule has 0 aliphatic rings. The van der Waals surface area contributed by atoms with E-state index in [0.717, 1.165) is 23.3 Å². The highest BCUT2D eigenvalue weighted by Gasteiger charge is 2.37. The van der Waals surface area contributed by atoms with Crippen LogP contribution in [0, 0.1) is 0 Å². The number of benzene rings is 3. The van der Waals surface area contributed by atoms with Gasteiger partial charge in [-0.05, 0) is 49.7 Å². The van der Waals surface area contributed by atoms with Crippen molar-refractivity contribution in [2.24, 2.45) is 0 Å². The van der Waals surface area contributed by atoms with Crippen LogP contribution in [0.25, 0.3) is 0 Å². The first-order valence-corrected chi connectivity index (χ1v) is 15.9. The summed E-state index contributed by atoms with van der Waals surface area (Å²) in [5, 5.41) is 2.54. The molecule has 0 saturated heterocycles. The summed E-state index contributed by atoms with van der Waals surface area (Å²) in [5.41, 5.74) is -0.714. The number of nitrogens with one attached hydrogen (secondary N) is 1. The molecule has 1 atom stereocenters. The molecule has 0 spiro atoms. The molecule has 43 heavy (non-hydrogen) atoms. The van der Waals surface area contributed by atoms with Gasteiger partial charge in [0.1, 0.15) is 12.6 Å². The normalized spacial score (nSPS) is 12.6. The fraction of sp³-hybridized carbons (Fsp3) is 0.310. The Hall–Kier alpha value is -2.99. The zero-order valence-electron chi connectivity index (χ0n) is 23.3. The van der Waals surface area contributed by atoms with Crippen molar-refractivity contribution in [1.29, 1.82) is 0 Å². The lowest BCUT2D eigenvalue weighted by molar-refractivity contribution is -0.140. The number of rotatable bonds is 11. The maximum Gasteiger partial charge on any atom is 0.417 e. The molecule has 14 heteroatoms. The van der Waals surface area contributed by atoms with Gasteiger partial charge in [-0.3, -0.25) is 13.9 Å². The standard InChI is InChI=1S/C29H29Cl3F3N3O4S/c1-18(2)36-28(40)26(14-19-8-5-4-6-9-19)37(16-21-23(30)10-7-11-24(21)31)27(39)17-38(43(3,41)42)20-12-13-25(32)22(15-20)29(33,34)35/h4-13,15,18,26H,14,16-17H2,1-3H3,(H,36,40)/t26-/m1/s1. The summed E-state index contributed by atoms with van der Waals surface area (Å²) in [6.07, 6.45) is -4.10. The summed E-state index contributed by atoms with van der Waals surface area (Å²) in [5.74, 6) is -1.42. The summed E-state index contributed by atoms with van der Waals surface area (Å²) in [6, 6.07) is 14.5. The molecule has 0 saturated carbocycles. The summed E-state index contributed by atoms with van der Waals surface area (Å²) in [4.78, 5) is 28.8. The average molecular weight is 679 g/mol. The van der Waals surface area contributed by atoms with E-state index >= 15 is 0 Å². The number of nitrogens with zero attached hydrogens (tertiary/aromatic N) is 2. The maximum atomic E-state index is 14.1. The van der Waals surface area contributed by atoms with E-state index < -0.39 is 56.9 Å². The van der Waals surface area contributed by atoms with Crippen molar-refractivity contribution in [3.63, 3.8) is 0 Å². The van der Waals surface area contributed by atoms with Crippen molar-refractivity contribution >= 4 is 62.3 Å². The van der Waals surface area contributed by atoms with Crippen LogP contribution in [0.2, 0.25) is 15.1 Å². The Balaban J connectivity index is 2.14. The summed E-state index contributed by atoms with van der Waals surface area (Å²) in [7, 11) is -4.31. The van der Waals surface area contributed by atoms with Gasteiger partial charge in [-0.1, -0.05) is 71.2 Å². The number of anilines is 1. The SMILES string of the molecule is CC(C)NC(=O)[C@@H](Cc1ccccc1)N(Cc1c(Cl)cccc1Cl)C(=O)CN(c1ccc(Cl)c(C(F)(F)F)c1)S(C)(=O)=O. The molecule has 1 N–H and O–H groups in total. The zero-order valence-corrected chi connectivity index (χ0v) is 26.4. The van der Waals surface area contributed by atoms with Crippen LogP contribution in [0.3, 0.4) is 0 Å². The van der Waals surface area contributed by atoms with Crippen molar-refractivity contribution in [1.82, 2.24) is 10.2 Å². The number of alkyl halides is 3. The lowest BCUT2D eigenvalue weighted by atomic mass is 10.0. The number of carbonyl (C=O) groups excluding carboxylic acids is 2. The van der Waals surface area contributed by atoms with E-state index in [2.05, 4.69) is 5.32 Å². The Morgan fingerprint density at radius 3 is 2.05 bits per heavy atom. The molecule has 3 rings (SSSR count). The highest BCUT2D eigenvalue weighted by Crippen LogP contribution is 2.37. The fourth-order valence-electron chi connectivity index (χ4n) is 4.29. The van der Waals surface area contributed by atoms with Crippen molar-refractivity contribution in [2.45, 2.75) is 45.1 Å². The third-order valence-electron chi connectivity index (χ3n) is 6.31. The van der Waals surface area contributed by atoms with Gasteiger partial charge in [0.2, 0.25) is 21.8 Å². The number of carbonyl (C=O) groups is 2. The van der Waals surface area contributed by atoms with Gasteiger partial charge >= 0.3 is 6.18 Å². The van der Waals surface area contributed by atoms with Crippen LogP contribution in [0.1, 0.15) is 30.5 Å². The van der Waals surface area contributed by atoms with Gasteiger partial charge in [-0.15, -0.1) is 0 Å². The van der Waals surface area contributed by atoms with Crippen molar-refractivity contribution < 1.29 is 31.2 Å². The Morgan fingerprint density at radius 1 is 0.907 bits per heavy atom. The van der Waals surface area contributed by atoms with E-state index in [9.17, 15) is 31.2 Å². The van der Waals surface area contributed by atoms with Crippen molar-refractivity contribution in [2.75, 3.05) is 17.1 Å². The molecule has 232 valence electrons. The molecule has 7 nitrogen and oxygen atoms in total. The van der Waals surface area contributed by atoms with Crippen molar-refractivity contribution in [3.05, 3.63) is 98.5 Å². The van der Waals surface area contributed by atoms with Crippen LogP contribution in [0.5, 0.6) is 0 Å². The first-order chi connectivity index (χ1) is 20.0. The maximum absolute atomic E-state index is 14.1. The van der Waals surface area contributed by atoms with Gasteiger partial charge in [0, 0.05) is 34.6 Å². The van der Waals surface area contributed by atoms with Crippen LogP contribution in [-0.2, 0) is 38.8 Å². The van der Waals surface area contributed by atoms with Gasteiger partial charge in [0.05, 0.1) is 22.5 Å². The van der Waals surface area contributed by atoms with E-state index in [1.807, 2.05) is 0 Å². The van der Waals surface area contributed by atoms with Crippen LogP contribution in [0.4, 0.5) is 18.9 Å². The predicted octanol–water partition coefficient (Wildman–Crippen LogP) is 6.60. The Bertz CT molecular complexity index is 1550. The third kappa shape index (κ3) is 9.25. The Morgan fingerprint density at radius 2 is 1.51 bits per heavy atom. The topological polar surface area (TPSA) is 86.8 Å². The molecule has 0 aliphatic heterocycles. The largest absolute Gasteiger partial charge is 0.417 e. The molecule has 3 aromatic carbocycles. The van der Waals surface area contributed by atoms with Crippen LogP contribution >= 0.6 is 34.8 Å². The predicted molar refractivity (Wildman–Crippen MR) is 163 cm³/mol. The molecular weight excluding hydrogens is 650 g/mol. The lowest BCUT2D eigenvalue weighted by Crippen LogP contribution is -2.54. The van der Waals surface area contributed by atoms with Crippen LogP contribution < -0.4 is 9.62 Å². The molecule has 2 amide bonds. The zero-order chi connectivity index (χ0) is 32.1. The average Bonchev–Trinajstić information content (AvgIpc) is 2.90. The number of halogens is 6. The first-order valence-electron chi connectivity index (χ1n) is 12.9. The minimum Gasteiger partial charge on any atom is -0.352 e. The van der Waals surface area contributed by atoms with Crippen LogP contribution in [-0.4, -0.2) is 50.0 Å². The van der Waals surface area contributed by atoms with Gasteiger partial charge in [0.25, 0.3) is 0 Å². The molecule has 0 fully saturated rings. The van der Waals surface area contributed by atoms with Crippen LogP contribution in [0.15, 0.2) is 66.7 Å². The first kappa shape index (κ1) is 34.5. The monoisotopic (exact) mass is 677 g/mol. The van der Waals surface area contributed by atoms with Gasteiger partial charge in [-0.25, -0.2) is 8.42 Å². The fourth-order valence-corrected chi connectivity index (χ4v) is 5.87. The molecule has 0 unspecified atom stereocenters. The second kappa shape index (κ2) is 14.2. The molecular formula is C29H29Cl3F3N3O4S. The van der Waals surface area contributed by atoms with E-state index in [4.69, 9.17) is 34.8 Å². The number of hydrogen-bond acceptors (Lipinski definition) is 4. The second-order valence-corrected chi connectivity index (χ2v) is 13.2. The van der Waals surface area contributed by atoms with E-state index in [-0.39, 0.29) is 29.1 Å². The number of sulfonamides is 1. The molecule has 0 aliphatic carbocycles. The van der Waals surface area contributed by atoms with Crippen molar-refractivity contribution in [3.8, 4) is 0 Å². The minimum absolute atomic E-state index is 0.0330. The quantitative estimate of drug-likeness (QED) is 0.248. The molecule has 0 aromatic heterocycles. The summed E-state index contributed by atoms with van der Waals surface area (Å²) in [6.45, 7) is 2.24. The third-order valence-corrected chi connectivity index (χ3v) is 8.49. The smallest absolute Gasteiger partial charge is 0.352 e. The number of amides is 2. The minimum atomic E-state index is -4.89. The number of hydrogen-bond donors (Lipinski definition) is 1. The molecule has 0 bridgehead atoms. The highest BCUT2D eigenvalue weighted by atomic mass is 35.5. The summed E-state index contributed by atoms with van der Waals surface area (Å²) < 4.78 is 67.1. The van der Waals surface area contributed by atoms with Gasteiger partial charge in [0.15, 0.2) is 0 Å². The van der Waals surface area contributed by atoms with Gasteiger partial charge < -0.3 is 10.2 Å². The van der Waals surface area contributed by atoms with Gasteiger partial charge in [-0.2, -0.15) is 13.2 Å². The Labute approximate surface area is 263 Å². The highest BCUT2D eigenvalue weighted by molar-refractivity contribution is 7.92. The molecule has 0 radical (unpaired) electrons. The Kier molecular flexibility index (Phi) is 11.4. The lowest BCUT2D eigenvalue weighted by Gasteiger charge is -2.34. The molecule has 3 aromatic rings. The second-order valence-electron chi connectivity index (χ2n) is 10.0. The van der Waals surface area contributed by atoms with E-state index in [1.165, 1.54) is 0 Å². The summed E-state index contributed by atoms with van der Waals surface area (Å²) >= 11 is 18.6. The molecule has 0 heterocycles.